The van der Waals surface area contributed by atoms with Gasteiger partial charge in [-0.25, -0.2) is 4.39 Å². The number of rotatable bonds is 5. The van der Waals surface area contributed by atoms with Crippen molar-refractivity contribution in [3.63, 3.8) is 0 Å². The number of morpholine rings is 1. The van der Waals surface area contributed by atoms with E-state index in [1.54, 1.807) is 19.2 Å². The monoisotopic (exact) mass is 376 g/mol. The number of hydrazone groups is 1. The highest BCUT2D eigenvalue weighted by Gasteiger charge is 2.14. The molecule has 6 nitrogen and oxygen atoms in total. The molecule has 0 radical (unpaired) electrons. The molecule has 2 N–H and O–H groups in total. The Kier molecular flexibility index (Phi) is 6.32. The van der Waals surface area contributed by atoms with E-state index in [-0.39, 0.29) is 5.82 Å². The lowest BCUT2D eigenvalue weighted by atomic mass is 10.1. The van der Waals surface area contributed by atoms with E-state index < -0.39 is 0 Å². The normalized spacial score (nSPS) is 15.3. The van der Waals surface area contributed by atoms with Crippen LogP contribution in [0.5, 0.6) is 0 Å². The Morgan fingerprint density at radius 2 is 2.12 bits per heavy atom. The number of furan rings is 1. The fourth-order valence-corrected chi connectivity index (χ4v) is 2.71. The number of hydrogen-bond donors (Lipinski definition) is 2. The van der Waals surface area contributed by atoms with Gasteiger partial charge in [0, 0.05) is 26.7 Å². The number of benzene rings is 1. The van der Waals surface area contributed by atoms with Crippen LogP contribution in [0.2, 0.25) is 0 Å². The molecule has 0 unspecified atom stereocenters. The summed E-state index contributed by atoms with van der Waals surface area (Å²) in [5.41, 5.74) is 4.11. The van der Waals surface area contributed by atoms with Crippen molar-refractivity contribution in [2.24, 2.45) is 5.10 Å². The van der Waals surface area contributed by atoms with Gasteiger partial charge in [-0.15, -0.1) is 0 Å². The van der Waals surface area contributed by atoms with Gasteiger partial charge in [0.25, 0.3) is 0 Å². The van der Waals surface area contributed by atoms with Gasteiger partial charge >= 0.3 is 0 Å². The Morgan fingerprint density at radius 3 is 2.88 bits per heavy atom. The van der Waals surface area contributed by atoms with Crippen molar-refractivity contribution in [2.75, 3.05) is 33.4 Å². The average molecular weight is 376 g/mol. The van der Waals surface area contributed by atoms with Crippen molar-refractivity contribution >= 4 is 23.5 Å². The van der Waals surface area contributed by atoms with Crippen LogP contribution in [0.1, 0.15) is 11.3 Å². The number of nitrogens with one attached hydrogen (secondary N) is 2. The number of halogens is 1. The molecule has 1 fully saturated rings. The first-order valence-electron chi connectivity index (χ1n) is 8.35. The highest BCUT2D eigenvalue weighted by atomic mass is 32.1. The van der Waals surface area contributed by atoms with Gasteiger partial charge in [-0.1, -0.05) is 6.07 Å². The Morgan fingerprint density at radius 1 is 1.31 bits per heavy atom. The van der Waals surface area contributed by atoms with E-state index in [0.29, 0.717) is 22.2 Å². The lowest BCUT2D eigenvalue weighted by Gasteiger charge is -2.26. The Hall–Kier alpha value is -2.29. The number of thiocarbonyl (C=S) groups is 1. The van der Waals surface area contributed by atoms with Crippen molar-refractivity contribution in [2.45, 2.75) is 6.54 Å². The second-order valence-corrected chi connectivity index (χ2v) is 6.26. The number of ether oxygens (including phenoxy) is 1. The van der Waals surface area contributed by atoms with Gasteiger partial charge < -0.3 is 14.5 Å². The Balaban J connectivity index is 1.72. The zero-order valence-electron chi connectivity index (χ0n) is 14.5. The predicted octanol–water partition coefficient (Wildman–Crippen LogP) is 2.35. The first-order chi connectivity index (χ1) is 12.7. The molecule has 1 aromatic heterocycles. The quantitative estimate of drug-likeness (QED) is 0.475. The molecule has 0 aliphatic carbocycles. The van der Waals surface area contributed by atoms with Crippen molar-refractivity contribution < 1.29 is 13.5 Å². The van der Waals surface area contributed by atoms with Crippen molar-refractivity contribution in [1.29, 1.82) is 0 Å². The molecule has 3 rings (SSSR count). The van der Waals surface area contributed by atoms with Crippen molar-refractivity contribution in [3.05, 3.63) is 47.5 Å². The summed E-state index contributed by atoms with van der Waals surface area (Å²) in [7, 11) is 1.70. The molecule has 0 spiro atoms. The molecular weight excluding hydrogens is 355 g/mol. The third-order valence-corrected chi connectivity index (χ3v) is 4.31. The van der Waals surface area contributed by atoms with E-state index in [2.05, 4.69) is 20.7 Å². The van der Waals surface area contributed by atoms with Crippen LogP contribution in [0.3, 0.4) is 0 Å². The third kappa shape index (κ3) is 4.87. The lowest BCUT2D eigenvalue weighted by molar-refractivity contribution is 0.0342. The standard InChI is InChI=1S/C18H21FN4O2S/c1-20-18(26)22-21-11-14-3-5-17(25-14)15-10-13(2-4-16(15)19)12-23-6-8-24-9-7-23/h2-5,10-11H,6-9,12H2,1H3,(H2,20,22,26)/b21-11+. The van der Waals surface area contributed by atoms with Crippen LogP contribution in [0.4, 0.5) is 4.39 Å². The van der Waals surface area contributed by atoms with Crippen LogP contribution < -0.4 is 10.7 Å². The van der Waals surface area contributed by atoms with E-state index in [1.165, 1.54) is 12.3 Å². The zero-order valence-corrected chi connectivity index (χ0v) is 15.3. The van der Waals surface area contributed by atoms with Crippen LogP contribution in [-0.4, -0.2) is 49.6 Å². The van der Waals surface area contributed by atoms with Crippen molar-refractivity contribution in [3.8, 4) is 11.3 Å². The molecule has 0 saturated carbocycles. The van der Waals surface area contributed by atoms with E-state index in [1.807, 2.05) is 12.1 Å². The van der Waals surface area contributed by atoms with Crippen LogP contribution in [-0.2, 0) is 11.3 Å². The molecule has 0 atom stereocenters. The Bertz CT molecular complexity index is 787. The molecule has 8 heteroatoms. The predicted molar refractivity (Wildman–Crippen MR) is 103 cm³/mol. The molecule has 138 valence electrons. The van der Waals surface area contributed by atoms with Gasteiger partial charge in [0.1, 0.15) is 17.3 Å². The van der Waals surface area contributed by atoms with Crippen LogP contribution in [0.25, 0.3) is 11.3 Å². The topological polar surface area (TPSA) is 62.0 Å². The third-order valence-electron chi connectivity index (χ3n) is 4.02. The van der Waals surface area contributed by atoms with Crippen LogP contribution in [0.15, 0.2) is 39.9 Å². The maximum absolute atomic E-state index is 14.3. The SMILES string of the molecule is CNC(=S)N/N=C/c1ccc(-c2cc(CN3CCOCC3)ccc2F)o1. The molecule has 1 aromatic carbocycles. The fourth-order valence-electron chi connectivity index (χ4n) is 2.65. The van der Waals surface area contributed by atoms with Gasteiger partial charge in [-0.3, -0.25) is 10.3 Å². The smallest absolute Gasteiger partial charge is 0.186 e. The van der Waals surface area contributed by atoms with E-state index in [4.69, 9.17) is 21.4 Å². The maximum atomic E-state index is 14.3. The molecule has 1 aliphatic heterocycles. The van der Waals surface area contributed by atoms with Gasteiger partial charge in [0.2, 0.25) is 0 Å². The molecule has 2 heterocycles. The van der Waals surface area contributed by atoms with Crippen molar-refractivity contribution in [1.82, 2.24) is 15.6 Å². The second kappa shape index (κ2) is 8.88. The molecular formula is C18H21FN4O2S. The second-order valence-electron chi connectivity index (χ2n) is 5.85. The minimum absolute atomic E-state index is 0.317. The summed E-state index contributed by atoms with van der Waals surface area (Å²) < 4.78 is 25.3. The molecule has 0 amide bonds. The fraction of sp³-hybridized carbons (Fsp3) is 0.333. The van der Waals surface area contributed by atoms with Gasteiger partial charge in [-0.05, 0) is 42.0 Å². The minimum atomic E-state index is -0.317. The first kappa shape index (κ1) is 18.5. The zero-order chi connectivity index (χ0) is 18.4. The summed E-state index contributed by atoms with van der Waals surface area (Å²) >= 11 is 4.92. The Labute approximate surface area is 157 Å². The van der Waals surface area contributed by atoms with E-state index in [9.17, 15) is 4.39 Å². The number of nitrogens with zero attached hydrogens (tertiary/aromatic N) is 2. The molecule has 2 aromatic rings. The summed E-state index contributed by atoms with van der Waals surface area (Å²) in [6.07, 6.45) is 1.49. The summed E-state index contributed by atoms with van der Waals surface area (Å²) in [6.45, 7) is 4.00. The van der Waals surface area contributed by atoms with Gasteiger partial charge in [0.15, 0.2) is 5.11 Å². The first-order valence-corrected chi connectivity index (χ1v) is 8.76. The number of hydrogen-bond acceptors (Lipinski definition) is 5. The van der Waals surface area contributed by atoms with Crippen LogP contribution >= 0.6 is 12.2 Å². The lowest BCUT2D eigenvalue weighted by Crippen LogP contribution is -2.35. The highest BCUT2D eigenvalue weighted by Crippen LogP contribution is 2.26. The summed E-state index contributed by atoms with van der Waals surface area (Å²) in [5, 5.41) is 7.09. The molecule has 0 bridgehead atoms. The summed E-state index contributed by atoms with van der Waals surface area (Å²) in [6, 6.07) is 8.58. The van der Waals surface area contributed by atoms with Gasteiger partial charge in [0.05, 0.1) is 25.0 Å². The maximum Gasteiger partial charge on any atom is 0.186 e. The highest BCUT2D eigenvalue weighted by molar-refractivity contribution is 7.80. The summed E-state index contributed by atoms with van der Waals surface area (Å²) in [4.78, 5) is 2.29. The molecule has 26 heavy (non-hydrogen) atoms. The van der Waals surface area contributed by atoms with E-state index in [0.717, 1.165) is 38.4 Å². The van der Waals surface area contributed by atoms with E-state index >= 15 is 0 Å². The van der Waals surface area contributed by atoms with Gasteiger partial charge in [-0.2, -0.15) is 5.10 Å². The average Bonchev–Trinajstić information content (AvgIpc) is 3.12. The summed E-state index contributed by atoms with van der Waals surface area (Å²) in [5.74, 6) is 0.649. The molecule has 1 saturated heterocycles. The largest absolute Gasteiger partial charge is 0.455 e. The van der Waals surface area contributed by atoms with Crippen LogP contribution in [0, 0.1) is 5.82 Å². The molecule has 1 aliphatic rings. The minimum Gasteiger partial charge on any atom is -0.455 e.